The first-order chi connectivity index (χ1) is 7.90. The Labute approximate surface area is 108 Å². The van der Waals surface area contributed by atoms with Gasteiger partial charge >= 0.3 is 0 Å². The minimum absolute atomic E-state index is 0.359. The van der Waals surface area contributed by atoms with Crippen LogP contribution in [-0.2, 0) is 0 Å². The lowest BCUT2D eigenvalue weighted by Crippen LogP contribution is -2.34. The van der Waals surface area contributed by atoms with Crippen molar-refractivity contribution < 1.29 is 0 Å². The van der Waals surface area contributed by atoms with Crippen molar-refractivity contribution in [2.75, 3.05) is 11.4 Å². The number of nitrogens with two attached hydrogens (primary N) is 1. The molecule has 0 radical (unpaired) electrons. The molecule has 5 heteroatoms. The van der Waals surface area contributed by atoms with E-state index in [0.717, 1.165) is 23.9 Å². The number of nitrogens with zero attached hydrogens (tertiary/aromatic N) is 3. The molecule has 1 aromatic heterocycles. The van der Waals surface area contributed by atoms with Gasteiger partial charge in [-0.3, -0.25) is 0 Å². The van der Waals surface area contributed by atoms with E-state index in [1.807, 2.05) is 19.9 Å². The molecule has 2 N–H and O–H groups in total. The third kappa shape index (κ3) is 4.26. The van der Waals surface area contributed by atoms with Crippen molar-refractivity contribution in [2.45, 2.75) is 40.2 Å². The highest BCUT2D eigenvalue weighted by molar-refractivity contribution is 7.80. The van der Waals surface area contributed by atoms with E-state index in [1.165, 1.54) is 0 Å². The summed E-state index contributed by atoms with van der Waals surface area (Å²) >= 11 is 4.92. The summed E-state index contributed by atoms with van der Waals surface area (Å²) in [5.74, 6) is 1.74. The van der Waals surface area contributed by atoms with E-state index < -0.39 is 0 Å². The molecule has 0 aliphatic heterocycles. The Kier molecular flexibility index (Phi) is 4.81. The zero-order valence-electron chi connectivity index (χ0n) is 10.9. The smallest absolute Gasteiger partial charge is 0.132 e. The first kappa shape index (κ1) is 13.8. The highest BCUT2D eigenvalue weighted by Crippen LogP contribution is 2.15. The molecule has 0 saturated carbocycles. The van der Waals surface area contributed by atoms with Gasteiger partial charge in [-0.2, -0.15) is 0 Å². The summed E-state index contributed by atoms with van der Waals surface area (Å²) < 4.78 is 0. The lowest BCUT2D eigenvalue weighted by molar-refractivity contribution is 0.677. The van der Waals surface area contributed by atoms with Crippen molar-refractivity contribution in [2.24, 2.45) is 5.73 Å². The molecular weight excluding hydrogens is 232 g/mol. The maximum Gasteiger partial charge on any atom is 0.132 e. The second kappa shape index (κ2) is 5.91. The second-order valence-corrected chi connectivity index (χ2v) is 4.94. The van der Waals surface area contributed by atoms with E-state index in [1.54, 1.807) is 0 Å². The second-order valence-electron chi connectivity index (χ2n) is 4.42. The molecule has 0 amide bonds. The average molecular weight is 252 g/mol. The highest BCUT2D eigenvalue weighted by atomic mass is 32.1. The third-order valence-electron chi connectivity index (χ3n) is 2.47. The van der Waals surface area contributed by atoms with Gasteiger partial charge in [0.15, 0.2) is 0 Å². The molecule has 1 heterocycles. The maximum absolute atomic E-state index is 5.55. The maximum atomic E-state index is 5.55. The largest absolute Gasteiger partial charge is 0.393 e. The van der Waals surface area contributed by atoms with Crippen LogP contribution in [0.1, 0.15) is 31.8 Å². The summed E-state index contributed by atoms with van der Waals surface area (Å²) in [6.07, 6.45) is 0.704. The van der Waals surface area contributed by atoms with Gasteiger partial charge in [0.25, 0.3) is 0 Å². The standard InChI is InChI=1S/C12H20N4S/c1-8(2)16(6-5-11(13)17)12-7-9(3)14-10(4)15-12/h7-8H,5-6H2,1-4H3,(H2,13,17). The molecule has 0 aliphatic carbocycles. The number of hydrogen-bond acceptors (Lipinski definition) is 4. The summed E-state index contributed by atoms with van der Waals surface area (Å²) in [5.41, 5.74) is 6.53. The van der Waals surface area contributed by atoms with Crippen LogP contribution in [0.15, 0.2) is 6.07 Å². The van der Waals surface area contributed by atoms with Crippen LogP contribution in [-0.4, -0.2) is 27.5 Å². The summed E-state index contributed by atoms with van der Waals surface area (Å²) in [5, 5.41) is 0. The molecule has 0 saturated heterocycles. The number of thiocarbonyl (C=S) groups is 1. The predicted molar refractivity (Wildman–Crippen MR) is 75.4 cm³/mol. The molecule has 1 rings (SSSR count). The molecule has 0 spiro atoms. The summed E-state index contributed by atoms with van der Waals surface area (Å²) in [7, 11) is 0. The van der Waals surface area contributed by atoms with Gasteiger partial charge in [-0.15, -0.1) is 0 Å². The topological polar surface area (TPSA) is 55.0 Å². The normalized spacial score (nSPS) is 10.6. The Balaban J connectivity index is 2.92. The van der Waals surface area contributed by atoms with Gasteiger partial charge in [0, 0.05) is 30.8 Å². The number of aromatic nitrogens is 2. The average Bonchev–Trinajstić information content (AvgIpc) is 2.14. The van der Waals surface area contributed by atoms with Gasteiger partial charge < -0.3 is 10.6 Å². The first-order valence-corrected chi connectivity index (χ1v) is 6.18. The van der Waals surface area contributed by atoms with Gasteiger partial charge in [-0.05, 0) is 27.7 Å². The molecule has 0 fully saturated rings. The molecule has 94 valence electrons. The molecule has 17 heavy (non-hydrogen) atoms. The SMILES string of the molecule is Cc1cc(N(CCC(N)=S)C(C)C)nc(C)n1. The summed E-state index contributed by atoms with van der Waals surface area (Å²) in [6.45, 7) is 8.94. The molecule has 0 bridgehead atoms. The van der Waals surface area contributed by atoms with Crippen LogP contribution in [0, 0.1) is 13.8 Å². The zero-order valence-corrected chi connectivity index (χ0v) is 11.7. The van der Waals surface area contributed by atoms with Crippen LogP contribution in [0.4, 0.5) is 5.82 Å². The first-order valence-electron chi connectivity index (χ1n) is 5.77. The number of aryl methyl sites for hydroxylation is 2. The molecule has 1 aromatic rings. The van der Waals surface area contributed by atoms with Crippen molar-refractivity contribution >= 4 is 23.0 Å². The Hall–Kier alpha value is -1.23. The van der Waals surface area contributed by atoms with Crippen LogP contribution in [0.5, 0.6) is 0 Å². The van der Waals surface area contributed by atoms with Crippen LogP contribution in [0.2, 0.25) is 0 Å². The van der Waals surface area contributed by atoms with E-state index in [0.29, 0.717) is 17.5 Å². The van der Waals surface area contributed by atoms with E-state index in [4.69, 9.17) is 18.0 Å². The fourth-order valence-electron chi connectivity index (χ4n) is 1.71. The monoisotopic (exact) mass is 252 g/mol. The minimum atomic E-state index is 0.359. The van der Waals surface area contributed by atoms with Crippen molar-refractivity contribution in [3.8, 4) is 0 Å². The number of rotatable bonds is 5. The molecule has 0 unspecified atom stereocenters. The molecular formula is C12H20N4S. The van der Waals surface area contributed by atoms with Gasteiger partial charge in [-0.25, -0.2) is 9.97 Å². The van der Waals surface area contributed by atoms with E-state index >= 15 is 0 Å². The van der Waals surface area contributed by atoms with Gasteiger partial charge in [0.05, 0.1) is 4.99 Å². The van der Waals surface area contributed by atoms with E-state index in [-0.39, 0.29) is 0 Å². The third-order valence-corrected chi connectivity index (χ3v) is 2.67. The summed E-state index contributed by atoms with van der Waals surface area (Å²) in [4.78, 5) is 11.5. The zero-order chi connectivity index (χ0) is 13.0. The Bertz CT molecular complexity index is 383. The number of anilines is 1. The quantitative estimate of drug-likeness (QED) is 0.812. The molecule has 0 atom stereocenters. The van der Waals surface area contributed by atoms with Crippen LogP contribution < -0.4 is 10.6 Å². The van der Waals surface area contributed by atoms with E-state index in [9.17, 15) is 0 Å². The lowest BCUT2D eigenvalue weighted by atomic mass is 10.2. The molecule has 0 aliphatic rings. The van der Waals surface area contributed by atoms with Crippen LogP contribution in [0.3, 0.4) is 0 Å². The Morgan fingerprint density at radius 1 is 1.41 bits per heavy atom. The van der Waals surface area contributed by atoms with Gasteiger partial charge in [0.1, 0.15) is 11.6 Å². The van der Waals surface area contributed by atoms with Crippen molar-refractivity contribution in [1.82, 2.24) is 9.97 Å². The lowest BCUT2D eigenvalue weighted by Gasteiger charge is -2.28. The van der Waals surface area contributed by atoms with Gasteiger partial charge in [0.2, 0.25) is 0 Å². The Morgan fingerprint density at radius 2 is 2.06 bits per heavy atom. The predicted octanol–water partition coefficient (Wildman–Crippen LogP) is 1.98. The highest BCUT2D eigenvalue weighted by Gasteiger charge is 2.13. The Morgan fingerprint density at radius 3 is 2.53 bits per heavy atom. The molecule has 0 aromatic carbocycles. The summed E-state index contributed by atoms with van der Waals surface area (Å²) in [6, 6.07) is 2.35. The minimum Gasteiger partial charge on any atom is -0.393 e. The van der Waals surface area contributed by atoms with Crippen molar-refractivity contribution in [3.63, 3.8) is 0 Å². The van der Waals surface area contributed by atoms with Gasteiger partial charge in [-0.1, -0.05) is 12.2 Å². The van der Waals surface area contributed by atoms with Crippen LogP contribution in [0.25, 0.3) is 0 Å². The van der Waals surface area contributed by atoms with Crippen molar-refractivity contribution in [3.05, 3.63) is 17.6 Å². The number of hydrogen-bond donors (Lipinski definition) is 1. The van der Waals surface area contributed by atoms with Crippen molar-refractivity contribution in [1.29, 1.82) is 0 Å². The fraction of sp³-hybridized carbons (Fsp3) is 0.583. The van der Waals surface area contributed by atoms with Crippen LogP contribution >= 0.6 is 12.2 Å². The van der Waals surface area contributed by atoms with E-state index in [2.05, 4.69) is 28.7 Å². The fourth-order valence-corrected chi connectivity index (χ4v) is 1.80. The molecule has 4 nitrogen and oxygen atoms in total.